The molecule has 0 aromatic rings. The minimum atomic E-state index is -0.473. The van der Waals surface area contributed by atoms with Crippen LogP contribution >= 0.6 is 11.8 Å². The zero-order chi connectivity index (χ0) is 11.8. The highest BCUT2D eigenvalue weighted by Gasteiger charge is 2.34. The quantitative estimate of drug-likeness (QED) is 0.437. The van der Waals surface area contributed by atoms with E-state index in [4.69, 9.17) is 5.26 Å². The van der Waals surface area contributed by atoms with Gasteiger partial charge in [0.15, 0.2) is 0 Å². The van der Waals surface area contributed by atoms with Gasteiger partial charge in [-0.2, -0.15) is 17.0 Å². The van der Waals surface area contributed by atoms with Crippen LogP contribution in [0.3, 0.4) is 0 Å². The number of aliphatic hydroxyl groups is 1. The Balaban J connectivity index is 2.22. The Hall–Kier alpha value is -0.790. The molecule has 1 saturated heterocycles. The van der Waals surface area contributed by atoms with Crippen molar-refractivity contribution < 1.29 is 9.90 Å². The lowest BCUT2D eigenvalue weighted by atomic mass is 9.99. The Morgan fingerprint density at radius 3 is 3.00 bits per heavy atom. The maximum Gasteiger partial charge on any atom is 0.126 e. The number of nitrogens with zero attached hydrogens (tertiary/aromatic N) is 1. The van der Waals surface area contributed by atoms with Crippen LogP contribution in [-0.4, -0.2) is 28.5 Å². The second-order valence-electron chi connectivity index (χ2n) is 3.91. The maximum absolute atomic E-state index is 10.8. The number of rotatable bonds is 6. The molecule has 4 heteroatoms. The highest BCUT2D eigenvalue weighted by Crippen LogP contribution is 2.33. The number of aliphatic hydroxyl groups excluding tert-OH is 1. The zero-order valence-corrected chi connectivity index (χ0v) is 10.0. The van der Waals surface area contributed by atoms with Crippen molar-refractivity contribution in [3.8, 4) is 6.07 Å². The van der Waals surface area contributed by atoms with Crippen molar-refractivity contribution in [2.75, 3.05) is 5.75 Å². The predicted molar refractivity (Wildman–Crippen MR) is 65.0 cm³/mol. The molecule has 88 valence electrons. The smallest absolute Gasteiger partial charge is 0.126 e. The number of nitriles is 1. The van der Waals surface area contributed by atoms with Crippen LogP contribution in [0.1, 0.15) is 25.7 Å². The number of aldehydes is 1. The maximum atomic E-state index is 10.8. The molecule has 0 saturated carbocycles. The second-order valence-corrected chi connectivity index (χ2v) is 5.18. The van der Waals surface area contributed by atoms with Gasteiger partial charge in [-0.15, -0.1) is 0 Å². The van der Waals surface area contributed by atoms with E-state index in [1.54, 1.807) is 11.8 Å². The van der Waals surface area contributed by atoms with Gasteiger partial charge in [0.05, 0.1) is 18.1 Å². The molecule has 3 unspecified atom stereocenters. The van der Waals surface area contributed by atoms with E-state index in [0.29, 0.717) is 12.2 Å². The number of carbonyl (C=O) groups excluding carboxylic acids is 1. The van der Waals surface area contributed by atoms with Crippen LogP contribution in [0.25, 0.3) is 0 Å². The van der Waals surface area contributed by atoms with E-state index in [9.17, 15) is 9.90 Å². The number of hydrogen-bond acceptors (Lipinski definition) is 4. The van der Waals surface area contributed by atoms with Gasteiger partial charge in [0.2, 0.25) is 0 Å². The van der Waals surface area contributed by atoms with Crippen LogP contribution in [0, 0.1) is 17.2 Å². The summed E-state index contributed by atoms with van der Waals surface area (Å²) in [4.78, 5) is 10.8. The molecule has 0 spiro atoms. The first-order chi connectivity index (χ1) is 7.79. The summed E-state index contributed by atoms with van der Waals surface area (Å²) < 4.78 is 0. The molecule has 0 aliphatic carbocycles. The van der Waals surface area contributed by atoms with Gasteiger partial charge in [0, 0.05) is 17.4 Å². The molecule has 0 radical (unpaired) electrons. The normalized spacial score (nSPS) is 29.4. The van der Waals surface area contributed by atoms with Crippen LogP contribution in [0.5, 0.6) is 0 Å². The molecule has 0 aromatic carbocycles. The van der Waals surface area contributed by atoms with Gasteiger partial charge in [-0.05, 0) is 19.3 Å². The molecular weight excluding hydrogens is 222 g/mol. The number of allylic oxidation sites excluding steroid dienone is 2. The molecule has 0 bridgehead atoms. The molecule has 0 amide bonds. The van der Waals surface area contributed by atoms with Crippen molar-refractivity contribution >= 4 is 18.0 Å². The molecule has 1 N–H and O–H groups in total. The SMILES string of the molecule is N#CCCCC=CCC1SCC(O)C1C=O. The first-order valence-electron chi connectivity index (χ1n) is 5.56. The van der Waals surface area contributed by atoms with Gasteiger partial charge < -0.3 is 9.90 Å². The lowest BCUT2D eigenvalue weighted by molar-refractivity contribution is -0.113. The summed E-state index contributed by atoms with van der Waals surface area (Å²) in [5.41, 5.74) is 0. The van der Waals surface area contributed by atoms with Crippen LogP contribution in [0.2, 0.25) is 0 Å². The van der Waals surface area contributed by atoms with Crippen molar-refractivity contribution in [1.29, 1.82) is 5.26 Å². The standard InChI is InChI=1S/C12H17NO2S/c13-7-5-3-1-2-4-6-12-10(8-14)11(15)9-16-12/h2,4,8,10-12,15H,1,3,5-6,9H2. The monoisotopic (exact) mass is 239 g/mol. The van der Waals surface area contributed by atoms with E-state index in [2.05, 4.69) is 18.2 Å². The predicted octanol–water partition coefficient (Wildman–Crippen LogP) is 1.92. The Morgan fingerprint density at radius 1 is 1.50 bits per heavy atom. The fourth-order valence-corrected chi connectivity index (χ4v) is 3.12. The second kappa shape index (κ2) is 7.48. The Kier molecular flexibility index (Phi) is 6.20. The van der Waals surface area contributed by atoms with Gasteiger partial charge in [0.25, 0.3) is 0 Å². The van der Waals surface area contributed by atoms with E-state index >= 15 is 0 Å². The van der Waals surface area contributed by atoms with Crippen molar-refractivity contribution in [2.24, 2.45) is 5.92 Å². The Labute approximate surface area is 101 Å². The first kappa shape index (κ1) is 13.3. The van der Waals surface area contributed by atoms with E-state index in [-0.39, 0.29) is 11.2 Å². The molecule has 1 aliphatic heterocycles. The summed E-state index contributed by atoms with van der Waals surface area (Å²) in [5.74, 6) is 0.449. The van der Waals surface area contributed by atoms with Crippen molar-refractivity contribution in [2.45, 2.75) is 37.0 Å². The van der Waals surface area contributed by atoms with Gasteiger partial charge in [-0.25, -0.2) is 0 Å². The Bertz CT molecular complexity index is 285. The zero-order valence-electron chi connectivity index (χ0n) is 9.21. The molecular formula is C12H17NO2S. The highest BCUT2D eigenvalue weighted by atomic mass is 32.2. The summed E-state index contributed by atoms with van der Waals surface area (Å²) in [6.07, 6.45) is 7.76. The summed E-state index contributed by atoms with van der Waals surface area (Å²) in [6.45, 7) is 0. The van der Waals surface area contributed by atoms with Crippen LogP contribution in [-0.2, 0) is 4.79 Å². The summed E-state index contributed by atoms with van der Waals surface area (Å²) in [7, 11) is 0. The fourth-order valence-electron chi connectivity index (χ4n) is 1.74. The molecule has 16 heavy (non-hydrogen) atoms. The largest absolute Gasteiger partial charge is 0.391 e. The summed E-state index contributed by atoms with van der Waals surface area (Å²) in [5, 5.41) is 18.1. The molecule has 1 fully saturated rings. The van der Waals surface area contributed by atoms with Gasteiger partial charge in [-0.3, -0.25) is 0 Å². The first-order valence-corrected chi connectivity index (χ1v) is 6.61. The number of hydrogen-bond donors (Lipinski definition) is 1. The minimum absolute atomic E-state index is 0.214. The lowest BCUT2D eigenvalue weighted by Crippen LogP contribution is -2.24. The van der Waals surface area contributed by atoms with E-state index in [1.807, 2.05) is 0 Å². The van der Waals surface area contributed by atoms with E-state index < -0.39 is 6.10 Å². The van der Waals surface area contributed by atoms with Crippen LogP contribution in [0.15, 0.2) is 12.2 Å². The average molecular weight is 239 g/mol. The highest BCUT2D eigenvalue weighted by molar-refractivity contribution is 8.00. The minimum Gasteiger partial charge on any atom is -0.391 e. The number of thioether (sulfide) groups is 1. The third-order valence-electron chi connectivity index (χ3n) is 2.71. The Morgan fingerprint density at radius 2 is 2.31 bits per heavy atom. The molecule has 1 heterocycles. The lowest BCUT2D eigenvalue weighted by Gasteiger charge is -2.12. The molecule has 3 atom stereocenters. The van der Waals surface area contributed by atoms with E-state index in [1.165, 1.54) is 0 Å². The average Bonchev–Trinajstić information content (AvgIpc) is 2.64. The van der Waals surface area contributed by atoms with Crippen LogP contribution in [0.4, 0.5) is 0 Å². The topological polar surface area (TPSA) is 61.1 Å². The van der Waals surface area contributed by atoms with Gasteiger partial charge in [0.1, 0.15) is 6.29 Å². The fraction of sp³-hybridized carbons (Fsp3) is 0.667. The number of carbonyl (C=O) groups is 1. The summed E-state index contributed by atoms with van der Waals surface area (Å²) >= 11 is 1.67. The summed E-state index contributed by atoms with van der Waals surface area (Å²) in [6, 6.07) is 2.10. The number of unbranched alkanes of at least 4 members (excludes halogenated alkanes) is 2. The van der Waals surface area contributed by atoms with Crippen molar-refractivity contribution in [3.05, 3.63) is 12.2 Å². The molecule has 1 rings (SSSR count). The molecule has 3 nitrogen and oxygen atoms in total. The third kappa shape index (κ3) is 3.99. The van der Waals surface area contributed by atoms with Crippen LogP contribution < -0.4 is 0 Å². The van der Waals surface area contributed by atoms with Crippen molar-refractivity contribution in [3.63, 3.8) is 0 Å². The molecule has 0 aromatic heterocycles. The molecule has 1 aliphatic rings. The van der Waals surface area contributed by atoms with Gasteiger partial charge >= 0.3 is 0 Å². The third-order valence-corrected chi connectivity index (χ3v) is 4.18. The van der Waals surface area contributed by atoms with Gasteiger partial charge in [-0.1, -0.05) is 12.2 Å². The van der Waals surface area contributed by atoms with Crippen molar-refractivity contribution in [1.82, 2.24) is 0 Å². The van der Waals surface area contributed by atoms with E-state index in [0.717, 1.165) is 25.5 Å².